The fraction of sp³-hybridized carbons (Fsp3) is 0.304. The molecule has 1 heterocycles. The van der Waals surface area contributed by atoms with Crippen LogP contribution in [0, 0.1) is 5.82 Å². The summed E-state index contributed by atoms with van der Waals surface area (Å²) in [5.41, 5.74) is 2.28. The smallest absolute Gasteiger partial charge is 0.126 e. The van der Waals surface area contributed by atoms with Crippen molar-refractivity contribution in [3.05, 3.63) is 77.6 Å². The minimum absolute atomic E-state index is 0.0743. The van der Waals surface area contributed by atoms with Crippen molar-refractivity contribution in [1.29, 1.82) is 0 Å². The van der Waals surface area contributed by atoms with Crippen molar-refractivity contribution in [1.82, 2.24) is 5.32 Å². The number of fused-ring (bicyclic) bond motifs is 1. The quantitative estimate of drug-likeness (QED) is 0.714. The molecule has 4 rings (SSSR count). The third kappa shape index (κ3) is 3.97. The van der Waals surface area contributed by atoms with Gasteiger partial charge < -0.3 is 14.8 Å². The lowest BCUT2D eigenvalue weighted by Gasteiger charge is -2.32. The number of rotatable bonds is 5. The molecule has 2 atom stereocenters. The monoisotopic (exact) mass is 365 g/mol. The van der Waals surface area contributed by atoms with E-state index in [4.69, 9.17) is 9.47 Å². The minimum atomic E-state index is -0.197. The molecule has 0 spiro atoms. The number of hydrogen-bond donors (Lipinski definition) is 1. The van der Waals surface area contributed by atoms with E-state index in [0.717, 1.165) is 47.2 Å². The highest BCUT2D eigenvalue weighted by molar-refractivity contribution is 5.88. The van der Waals surface area contributed by atoms with Crippen molar-refractivity contribution in [2.45, 2.75) is 25.0 Å². The number of benzene rings is 3. The molecule has 1 N–H and O–H groups in total. The Morgan fingerprint density at radius 3 is 2.74 bits per heavy atom. The van der Waals surface area contributed by atoms with Crippen molar-refractivity contribution < 1.29 is 13.9 Å². The molecule has 3 aromatic carbocycles. The first-order valence-electron chi connectivity index (χ1n) is 9.38. The second-order valence-electron chi connectivity index (χ2n) is 7.02. The van der Waals surface area contributed by atoms with E-state index < -0.39 is 0 Å². The van der Waals surface area contributed by atoms with Crippen LogP contribution < -0.4 is 10.1 Å². The van der Waals surface area contributed by atoms with Gasteiger partial charge in [-0.25, -0.2) is 4.39 Å². The molecule has 2 unspecified atom stereocenters. The molecule has 0 saturated carbocycles. The van der Waals surface area contributed by atoms with Crippen LogP contribution in [0.15, 0.2) is 60.7 Å². The molecule has 0 amide bonds. The molecule has 1 aliphatic rings. The van der Waals surface area contributed by atoms with Crippen LogP contribution >= 0.6 is 0 Å². The van der Waals surface area contributed by atoms with E-state index in [9.17, 15) is 4.39 Å². The highest BCUT2D eigenvalue weighted by Crippen LogP contribution is 2.30. The Morgan fingerprint density at radius 1 is 1.07 bits per heavy atom. The van der Waals surface area contributed by atoms with Crippen molar-refractivity contribution >= 4 is 10.8 Å². The van der Waals surface area contributed by atoms with Gasteiger partial charge in [-0.1, -0.05) is 36.4 Å². The van der Waals surface area contributed by atoms with Gasteiger partial charge in [-0.2, -0.15) is 0 Å². The predicted molar refractivity (Wildman–Crippen MR) is 106 cm³/mol. The number of halogens is 1. The van der Waals surface area contributed by atoms with Crippen LogP contribution in [-0.2, 0) is 11.3 Å². The van der Waals surface area contributed by atoms with Crippen LogP contribution in [0.4, 0.5) is 4.39 Å². The lowest BCUT2D eigenvalue weighted by atomic mass is 9.88. The summed E-state index contributed by atoms with van der Waals surface area (Å²) < 4.78 is 25.0. The largest absolute Gasteiger partial charge is 0.496 e. The zero-order valence-electron chi connectivity index (χ0n) is 15.5. The van der Waals surface area contributed by atoms with E-state index in [-0.39, 0.29) is 17.8 Å². The third-order valence-corrected chi connectivity index (χ3v) is 5.31. The molecule has 1 saturated heterocycles. The summed E-state index contributed by atoms with van der Waals surface area (Å²) in [7, 11) is 1.69. The Kier molecular flexibility index (Phi) is 5.37. The van der Waals surface area contributed by atoms with Crippen LogP contribution in [0.25, 0.3) is 10.8 Å². The molecule has 4 heteroatoms. The Bertz CT molecular complexity index is 910. The first kappa shape index (κ1) is 18.0. The lowest BCUT2D eigenvalue weighted by Crippen LogP contribution is -2.40. The first-order valence-corrected chi connectivity index (χ1v) is 9.38. The summed E-state index contributed by atoms with van der Waals surface area (Å²) in [4.78, 5) is 0. The van der Waals surface area contributed by atoms with Crippen LogP contribution in [0.5, 0.6) is 5.75 Å². The van der Waals surface area contributed by atoms with Crippen molar-refractivity contribution in [2.24, 2.45) is 0 Å². The Labute approximate surface area is 159 Å². The van der Waals surface area contributed by atoms with E-state index in [1.165, 1.54) is 12.1 Å². The summed E-state index contributed by atoms with van der Waals surface area (Å²) in [6.45, 7) is 2.32. The van der Waals surface area contributed by atoms with Crippen molar-refractivity contribution in [3.63, 3.8) is 0 Å². The molecule has 3 aromatic rings. The maximum absolute atomic E-state index is 13.2. The number of ether oxygens (including phenoxy) is 2. The standard InChI is InChI=1S/C23H24FNO2/c1-26-22-4-2-3-18-13-16(5-10-20(18)22)15-27-23-14-25-12-11-21(23)17-6-8-19(24)9-7-17/h2-10,13,21,23,25H,11-12,14-15H2,1H3. The Hall–Kier alpha value is -2.43. The van der Waals surface area contributed by atoms with Gasteiger partial charge in [-0.05, 0) is 53.7 Å². The Morgan fingerprint density at radius 2 is 1.93 bits per heavy atom. The molecule has 0 radical (unpaired) electrons. The van der Waals surface area contributed by atoms with E-state index in [0.29, 0.717) is 6.61 Å². The van der Waals surface area contributed by atoms with Gasteiger partial charge in [0.25, 0.3) is 0 Å². The summed E-state index contributed by atoms with van der Waals surface area (Å²) in [6.07, 6.45) is 1.07. The van der Waals surface area contributed by atoms with E-state index >= 15 is 0 Å². The van der Waals surface area contributed by atoms with Gasteiger partial charge >= 0.3 is 0 Å². The van der Waals surface area contributed by atoms with Gasteiger partial charge in [-0.3, -0.25) is 0 Å². The number of methoxy groups -OCH3 is 1. The van der Waals surface area contributed by atoms with Gasteiger partial charge in [-0.15, -0.1) is 0 Å². The molecule has 140 valence electrons. The van der Waals surface area contributed by atoms with Gasteiger partial charge in [0.1, 0.15) is 11.6 Å². The van der Waals surface area contributed by atoms with E-state index in [1.807, 2.05) is 24.3 Å². The minimum Gasteiger partial charge on any atom is -0.496 e. The second kappa shape index (κ2) is 8.07. The summed E-state index contributed by atoms with van der Waals surface area (Å²) in [6, 6.07) is 19.2. The fourth-order valence-corrected chi connectivity index (χ4v) is 3.87. The molecule has 1 aliphatic heterocycles. The second-order valence-corrected chi connectivity index (χ2v) is 7.02. The van der Waals surface area contributed by atoms with Crippen molar-refractivity contribution in [2.75, 3.05) is 20.2 Å². The highest BCUT2D eigenvalue weighted by Gasteiger charge is 2.27. The third-order valence-electron chi connectivity index (χ3n) is 5.31. The van der Waals surface area contributed by atoms with E-state index in [1.54, 1.807) is 7.11 Å². The SMILES string of the molecule is COc1cccc2cc(COC3CNCCC3c3ccc(F)cc3)ccc12. The maximum atomic E-state index is 13.2. The summed E-state index contributed by atoms with van der Waals surface area (Å²) in [5.74, 6) is 0.969. The maximum Gasteiger partial charge on any atom is 0.126 e. The number of nitrogens with one attached hydrogen (secondary N) is 1. The topological polar surface area (TPSA) is 30.5 Å². The van der Waals surface area contributed by atoms with Crippen LogP contribution in [0.1, 0.15) is 23.5 Å². The zero-order chi connectivity index (χ0) is 18.6. The Balaban J connectivity index is 1.49. The van der Waals surface area contributed by atoms with Gasteiger partial charge in [0.05, 0.1) is 19.8 Å². The first-order chi connectivity index (χ1) is 13.2. The van der Waals surface area contributed by atoms with Gasteiger partial charge in [0.2, 0.25) is 0 Å². The van der Waals surface area contributed by atoms with Crippen LogP contribution in [-0.4, -0.2) is 26.3 Å². The lowest BCUT2D eigenvalue weighted by molar-refractivity contribution is 0.0106. The molecule has 1 fully saturated rings. The molecular formula is C23H24FNO2. The molecule has 27 heavy (non-hydrogen) atoms. The highest BCUT2D eigenvalue weighted by atomic mass is 19.1. The summed E-state index contributed by atoms with van der Waals surface area (Å²) in [5, 5.41) is 5.66. The average Bonchev–Trinajstić information content (AvgIpc) is 2.72. The van der Waals surface area contributed by atoms with Gasteiger partial charge in [0.15, 0.2) is 0 Å². The molecule has 3 nitrogen and oxygen atoms in total. The molecule has 0 aliphatic carbocycles. The molecular weight excluding hydrogens is 341 g/mol. The van der Waals surface area contributed by atoms with Gasteiger partial charge in [0, 0.05) is 17.8 Å². The van der Waals surface area contributed by atoms with Crippen LogP contribution in [0.2, 0.25) is 0 Å². The zero-order valence-corrected chi connectivity index (χ0v) is 15.5. The van der Waals surface area contributed by atoms with Crippen molar-refractivity contribution in [3.8, 4) is 5.75 Å². The van der Waals surface area contributed by atoms with E-state index in [2.05, 4.69) is 29.6 Å². The summed E-state index contributed by atoms with van der Waals surface area (Å²) >= 11 is 0. The molecule has 0 bridgehead atoms. The predicted octanol–water partition coefficient (Wildman–Crippen LogP) is 4.65. The molecule has 0 aromatic heterocycles. The fourth-order valence-electron chi connectivity index (χ4n) is 3.87. The van der Waals surface area contributed by atoms with Crippen LogP contribution in [0.3, 0.4) is 0 Å². The average molecular weight is 365 g/mol. The number of hydrogen-bond acceptors (Lipinski definition) is 3. The normalized spacial score (nSPS) is 19.9. The number of piperidine rings is 1.